The Balaban J connectivity index is 2.40. The van der Waals surface area contributed by atoms with E-state index in [0.717, 1.165) is 18.2 Å². The second-order valence-electron chi connectivity index (χ2n) is 4.68. The number of hydrogen-bond donors (Lipinski definition) is 1. The molecule has 2 aromatic carbocycles. The molecule has 0 unspecified atom stereocenters. The summed E-state index contributed by atoms with van der Waals surface area (Å²) >= 11 is 3.28. The summed E-state index contributed by atoms with van der Waals surface area (Å²) in [6, 6.07) is 6.20. The molecule has 8 heteroatoms. The van der Waals surface area contributed by atoms with Crippen LogP contribution in [0.4, 0.5) is 15.8 Å². The second-order valence-corrected chi connectivity index (χ2v) is 5.59. The minimum absolute atomic E-state index is 0.185. The summed E-state index contributed by atoms with van der Waals surface area (Å²) in [5.41, 5.74) is 0.305. The van der Waals surface area contributed by atoms with Crippen LogP contribution in [0.2, 0.25) is 0 Å². The van der Waals surface area contributed by atoms with Crippen LogP contribution in [0.15, 0.2) is 34.8 Å². The number of amides is 1. The lowest BCUT2D eigenvalue weighted by Gasteiger charge is -2.12. The number of nitro groups is 1. The van der Waals surface area contributed by atoms with Gasteiger partial charge in [-0.15, -0.1) is 0 Å². The third-order valence-corrected chi connectivity index (χ3v) is 3.55. The number of ether oxygens (including phenoxy) is 1. The minimum atomic E-state index is -0.769. The largest absolute Gasteiger partial charge is 0.496 e. The summed E-state index contributed by atoms with van der Waals surface area (Å²) in [7, 11) is 1.42. The molecule has 23 heavy (non-hydrogen) atoms. The average Bonchev–Trinajstić information content (AvgIpc) is 2.48. The molecule has 6 nitrogen and oxygen atoms in total. The smallest absolute Gasteiger partial charge is 0.271 e. The molecule has 0 fully saturated rings. The number of nitro benzene ring substituents is 1. The molecule has 0 saturated heterocycles. The zero-order valence-electron chi connectivity index (χ0n) is 12.2. The van der Waals surface area contributed by atoms with Crippen molar-refractivity contribution in [3.8, 4) is 5.75 Å². The Bertz CT molecular complexity index is 795. The molecule has 0 atom stereocenters. The predicted octanol–water partition coefficient (Wildman–Crippen LogP) is 4.07. The minimum Gasteiger partial charge on any atom is -0.496 e. The SMILES string of the molecule is COc1c(C)cc(Br)cc1C(=O)Nc1cc([N+](=O)[O-])ccc1F. The van der Waals surface area contributed by atoms with Crippen LogP contribution in [0, 0.1) is 22.9 Å². The first-order valence-electron chi connectivity index (χ1n) is 6.43. The molecule has 0 aliphatic heterocycles. The number of methoxy groups -OCH3 is 1. The normalized spacial score (nSPS) is 10.3. The van der Waals surface area contributed by atoms with Crippen molar-refractivity contribution in [2.45, 2.75) is 6.92 Å². The van der Waals surface area contributed by atoms with Gasteiger partial charge in [0.05, 0.1) is 23.3 Å². The van der Waals surface area contributed by atoms with E-state index in [1.807, 2.05) is 0 Å². The first-order chi connectivity index (χ1) is 10.8. The summed E-state index contributed by atoms with van der Waals surface area (Å²) in [5, 5.41) is 13.1. The maximum absolute atomic E-state index is 13.8. The lowest BCUT2D eigenvalue weighted by Crippen LogP contribution is -2.15. The fourth-order valence-electron chi connectivity index (χ4n) is 2.08. The number of anilines is 1. The van der Waals surface area contributed by atoms with Crippen molar-refractivity contribution >= 4 is 33.2 Å². The highest BCUT2D eigenvalue weighted by atomic mass is 79.9. The molecule has 2 aromatic rings. The molecule has 0 aliphatic rings. The summed E-state index contributed by atoms with van der Waals surface area (Å²) in [6.07, 6.45) is 0. The third kappa shape index (κ3) is 3.65. The monoisotopic (exact) mass is 382 g/mol. The number of benzene rings is 2. The highest BCUT2D eigenvalue weighted by Crippen LogP contribution is 2.29. The van der Waals surface area contributed by atoms with E-state index in [2.05, 4.69) is 21.2 Å². The fourth-order valence-corrected chi connectivity index (χ4v) is 2.65. The number of nitrogens with zero attached hydrogens (tertiary/aromatic N) is 1. The Morgan fingerprint density at radius 2 is 2.04 bits per heavy atom. The number of hydrogen-bond acceptors (Lipinski definition) is 4. The Labute approximate surface area is 139 Å². The number of halogens is 2. The molecule has 0 bridgehead atoms. The van der Waals surface area contributed by atoms with Crippen molar-refractivity contribution in [1.82, 2.24) is 0 Å². The van der Waals surface area contributed by atoms with Crippen molar-refractivity contribution in [1.29, 1.82) is 0 Å². The van der Waals surface area contributed by atoms with Crippen LogP contribution in [0.3, 0.4) is 0 Å². The van der Waals surface area contributed by atoms with Crippen molar-refractivity contribution < 1.29 is 18.8 Å². The van der Waals surface area contributed by atoms with E-state index in [1.54, 1.807) is 13.0 Å². The molecule has 1 amide bonds. The van der Waals surface area contributed by atoms with Crippen LogP contribution in [-0.2, 0) is 0 Å². The van der Waals surface area contributed by atoms with E-state index >= 15 is 0 Å². The molecule has 0 heterocycles. The quantitative estimate of drug-likeness (QED) is 0.638. The molecule has 2 rings (SSSR count). The highest BCUT2D eigenvalue weighted by Gasteiger charge is 2.18. The summed E-state index contributed by atoms with van der Waals surface area (Å²) < 4.78 is 19.6. The molecular weight excluding hydrogens is 371 g/mol. The Hall–Kier alpha value is -2.48. The number of carbonyl (C=O) groups excluding carboxylic acids is 1. The van der Waals surface area contributed by atoms with E-state index in [-0.39, 0.29) is 16.9 Å². The Kier molecular flexibility index (Phi) is 4.95. The number of nitrogens with one attached hydrogen (secondary N) is 1. The average molecular weight is 383 g/mol. The molecule has 0 spiro atoms. The highest BCUT2D eigenvalue weighted by molar-refractivity contribution is 9.10. The van der Waals surface area contributed by atoms with Gasteiger partial charge in [-0.05, 0) is 30.7 Å². The molecule has 120 valence electrons. The topological polar surface area (TPSA) is 81.5 Å². The van der Waals surface area contributed by atoms with E-state index < -0.39 is 16.6 Å². The van der Waals surface area contributed by atoms with Gasteiger partial charge in [0, 0.05) is 16.6 Å². The zero-order valence-corrected chi connectivity index (χ0v) is 13.8. The van der Waals surface area contributed by atoms with Gasteiger partial charge in [0.2, 0.25) is 0 Å². The fraction of sp³-hybridized carbons (Fsp3) is 0.133. The van der Waals surface area contributed by atoms with Gasteiger partial charge in [0.1, 0.15) is 11.6 Å². The van der Waals surface area contributed by atoms with Gasteiger partial charge in [-0.3, -0.25) is 14.9 Å². The molecule has 0 aliphatic carbocycles. The maximum Gasteiger partial charge on any atom is 0.271 e. The zero-order chi connectivity index (χ0) is 17.1. The van der Waals surface area contributed by atoms with Crippen LogP contribution < -0.4 is 10.1 Å². The predicted molar refractivity (Wildman–Crippen MR) is 86.4 cm³/mol. The van der Waals surface area contributed by atoms with Gasteiger partial charge in [-0.1, -0.05) is 15.9 Å². The maximum atomic E-state index is 13.8. The molecule has 0 saturated carbocycles. The van der Waals surface area contributed by atoms with E-state index in [4.69, 9.17) is 4.74 Å². The van der Waals surface area contributed by atoms with Gasteiger partial charge in [0.25, 0.3) is 11.6 Å². The summed E-state index contributed by atoms with van der Waals surface area (Å²) in [4.78, 5) is 22.5. The van der Waals surface area contributed by atoms with E-state index in [0.29, 0.717) is 15.8 Å². The van der Waals surface area contributed by atoms with Gasteiger partial charge < -0.3 is 10.1 Å². The second kappa shape index (κ2) is 6.74. The molecular formula is C15H12BrFN2O4. The number of non-ortho nitro benzene ring substituents is 1. The summed E-state index contributed by atoms with van der Waals surface area (Å²) in [5.74, 6) is -1.06. The number of carbonyl (C=O) groups is 1. The van der Waals surface area contributed by atoms with Gasteiger partial charge in [0.15, 0.2) is 0 Å². The number of aryl methyl sites for hydroxylation is 1. The lowest BCUT2D eigenvalue weighted by atomic mass is 10.1. The first kappa shape index (κ1) is 16.9. The Morgan fingerprint density at radius 1 is 1.35 bits per heavy atom. The third-order valence-electron chi connectivity index (χ3n) is 3.10. The lowest BCUT2D eigenvalue weighted by molar-refractivity contribution is -0.384. The van der Waals surface area contributed by atoms with E-state index in [1.165, 1.54) is 13.2 Å². The Morgan fingerprint density at radius 3 is 2.65 bits per heavy atom. The van der Waals surface area contributed by atoms with Crippen LogP contribution in [0.25, 0.3) is 0 Å². The molecule has 0 radical (unpaired) electrons. The standard InChI is InChI=1S/C15H12BrFN2O4/c1-8-5-9(16)6-11(14(8)23-2)15(20)18-13-7-10(19(21)22)3-4-12(13)17/h3-7H,1-2H3,(H,18,20). The van der Waals surface area contributed by atoms with Crippen molar-refractivity contribution in [3.05, 3.63) is 61.9 Å². The van der Waals surface area contributed by atoms with Crippen LogP contribution in [0.5, 0.6) is 5.75 Å². The molecule has 1 N–H and O–H groups in total. The number of rotatable bonds is 4. The van der Waals surface area contributed by atoms with Gasteiger partial charge in [-0.2, -0.15) is 0 Å². The van der Waals surface area contributed by atoms with Crippen LogP contribution in [0.1, 0.15) is 15.9 Å². The van der Waals surface area contributed by atoms with Crippen LogP contribution in [-0.4, -0.2) is 17.9 Å². The first-order valence-corrected chi connectivity index (χ1v) is 7.22. The van der Waals surface area contributed by atoms with Crippen molar-refractivity contribution in [3.63, 3.8) is 0 Å². The van der Waals surface area contributed by atoms with E-state index in [9.17, 15) is 19.3 Å². The molecule has 0 aromatic heterocycles. The van der Waals surface area contributed by atoms with Crippen molar-refractivity contribution in [2.24, 2.45) is 0 Å². The van der Waals surface area contributed by atoms with Crippen molar-refractivity contribution in [2.75, 3.05) is 12.4 Å². The summed E-state index contributed by atoms with van der Waals surface area (Å²) in [6.45, 7) is 1.76. The van der Waals surface area contributed by atoms with Gasteiger partial charge >= 0.3 is 0 Å². The van der Waals surface area contributed by atoms with Crippen LogP contribution >= 0.6 is 15.9 Å². The van der Waals surface area contributed by atoms with Gasteiger partial charge in [-0.25, -0.2) is 4.39 Å².